The summed E-state index contributed by atoms with van der Waals surface area (Å²) in [5, 5.41) is 9.21. The Morgan fingerprint density at radius 1 is 1.64 bits per heavy atom. The number of hydrogen-bond acceptors (Lipinski definition) is 2. The first kappa shape index (κ1) is 10.9. The van der Waals surface area contributed by atoms with E-state index in [2.05, 4.69) is 35.8 Å². The van der Waals surface area contributed by atoms with E-state index >= 15 is 0 Å². The first-order chi connectivity index (χ1) is 6.48. The molecule has 1 aliphatic rings. The van der Waals surface area contributed by atoms with Crippen molar-refractivity contribution in [2.45, 2.75) is 19.8 Å². The Kier molecular flexibility index (Phi) is 2.71. The fourth-order valence-electron chi connectivity index (χ4n) is 2.17. The van der Waals surface area contributed by atoms with Gasteiger partial charge >= 0.3 is 0 Å². The number of hydrogen-bond donors (Lipinski definition) is 1. The van der Waals surface area contributed by atoms with Crippen molar-refractivity contribution in [3.05, 3.63) is 19.8 Å². The zero-order valence-electron chi connectivity index (χ0n) is 8.05. The van der Waals surface area contributed by atoms with Crippen LogP contribution in [-0.4, -0.2) is 11.7 Å². The lowest BCUT2D eigenvalue weighted by Crippen LogP contribution is -1.93. The maximum Gasteiger partial charge on any atom is 0.107 e. The summed E-state index contributed by atoms with van der Waals surface area (Å²) in [6.45, 7) is 4.66. The molecule has 1 aromatic heterocycles. The Labute approximate surface area is 101 Å². The third-order valence-electron chi connectivity index (χ3n) is 3.22. The number of halogens is 2. The molecule has 0 aliphatic heterocycles. The summed E-state index contributed by atoms with van der Waals surface area (Å²) in [6.07, 6.45) is 0. The molecule has 0 radical (unpaired) electrons. The third-order valence-corrected chi connectivity index (χ3v) is 5.78. The highest BCUT2D eigenvalue weighted by molar-refractivity contribution is 9.10. The van der Waals surface area contributed by atoms with Crippen molar-refractivity contribution >= 4 is 38.9 Å². The van der Waals surface area contributed by atoms with Gasteiger partial charge in [-0.2, -0.15) is 0 Å². The van der Waals surface area contributed by atoms with Gasteiger partial charge in [-0.05, 0) is 33.3 Å². The Bertz CT molecular complexity index is 342. The van der Waals surface area contributed by atoms with Crippen LogP contribution in [0.4, 0.5) is 0 Å². The molecular formula is C10H12BrClOS. The maximum atomic E-state index is 9.21. The zero-order valence-corrected chi connectivity index (χ0v) is 11.2. The Balaban J connectivity index is 2.26. The first-order valence-corrected chi connectivity index (χ1v) is 6.52. The molecule has 1 heterocycles. The molecule has 1 nitrogen and oxygen atoms in total. The van der Waals surface area contributed by atoms with Crippen LogP contribution in [0.15, 0.2) is 10.5 Å². The molecule has 1 fully saturated rings. The van der Waals surface area contributed by atoms with E-state index in [0.717, 1.165) is 8.81 Å². The first-order valence-electron chi connectivity index (χ1n) is 4.54. The van der Waals surface area contributed by atoms with Gasteiger partial charge in [-0.25, -0.2) is 0 Å². The summed E-state index contributed by atoms with van der Waals surface area (Å²) >= 11 is 11.0. The minimum atomic E-state index is 0.225. The molecule has 0 aromatic carbocycles. The Hall–Kier alpha value is 0.430. The van der Waals surface area contributed by atoms with Crippen molar-refractivity contribution in [3.63, 3.8) is 0 Å². The predicted molar refractivity (Wildman–Crippen MR) is 64.1 cm³/mol. The highest BCUT2D eigenvalue weighted by Gasteiger charge is 2.58. The maximum absolute atomic E-state index is 9.21. The van der Waals surface area contributed by atoms with Crippen LogP contribution in [-0.2, 0) is 0 Å². The monoisotopic (exact) mass is 294 g/mol. The molecule has 0 spiro atoms. The Morgan fingerprint density at radius 3 is 2.64 bits per heavy atom. The van der Waals surface area contributed by atoms with Crippen molar-refractivity contribution in [1.82, 2.24) is 0 Å². The second-order valence-corrected chi connectivity index (χ2v) is 6.90. The van der Waals surface area contributed by atoms with Gasteiger partial charge in [-0.3, -0.25) is 0 Å². The van der Waals surface area contributed by atoms with E-state index < -0.39 is 0 Å². The van der Waals surface area contributed by atoms with Crippen LogP contribution in [0.5, 0.6) is 0 Å². The van der Waals surface area contributed by atoms with Gasteiger partial charge in [0.15, 0.2) is 0 Å². The lowest BCUT2D eigenvalue weighted by Gasteiger charge is -1.98. The van der Waals surface area contributed by atoms with Crippen LogP contribution < -0.4 is 0 Å². The lowest BCUT2D eigenvalue weighted by atomic mass is 10.1. The summed E-state index contributed by atoms with van der Waals surface area (Å²) in [4.78, 5) is 1.28. The summed E-state index contributed by atoms with van der Waals surface area (Å²) in [5.74, 6) is 0.866. The summed E-state index contributed by atoms with van der Waals surface area (Å²) in [7, 11) is 0. The van der Waals surface area contributed by atoms with Crippen LogP contribution in [0.1, 0.15) is 24.6 Å². The number of thiophene rings is 1. The number of aliphatic hydroxyl groups excluding tert-OH is 1. The molecule has 4 heteroatoms. The Morgan fingerprint density at radius 2 is 2.29 bits per heavy atom. The fourth-order valence-corrected chi connectivity index (χ4v) is 4.26. The van der Waals surface area contributed by atoms with Gasteiger partial charge in [0.2, 0.25) is 0 Å². The van der Waals surface area contributed by atoms with Gasteiger partial charge in [-0.1, -0.05) is 25.4 Å². The van der Waals surface area contributed by atoms with E-state index in [1.165, 1.54) is 4.88 Å². The summed E-state index contributed by atoms with van der Waals surface area (Å²) < 4.78 is 1.78. The van der Waals surface area contributed by atoms with Gasteiger partial charge in [0.25, 0.3) is 0 Å². The summed E-state index contributed by atoms with van der Waals surface area (Å²) in [6, 6.07) is 2.08. The molecule has 14 heavy (non-hydrogen) atoms. The molecule has 0 bridgehead atoms. The molecule has 1 saturated carbocycles. The van der Waals surface area contributed by atoms with E-state index in [0.29, 0.717) is 11.8 Å². The molecule has 2 rings (SSSR count). The van der Waals surface area contributed by atoms with Crippen LogP contribution in [0.25, 0.3) is 0 Å². The second-order valence-electron chi connectivity index (χ2n) is 4.36. The average Bonchev–Trinajstić information content (AvgIpc) is 2.50. The van der Waals surface area contributed by atoms with E-state index in [1.54, 1.807) is 11.3 Å². The number of rotatable bonds is 2. The van der Waals surface area contributed by atoms with E-state index in [1.807, 2.05) is 0 Å². The molecule has 78 valence electrons. The quantitative estimate of drug-likeness (QED) is 0.877. The van der Waals surface area contributed by atoms with Crippen LogP contribution in [0.2, 0.25) is 4.34 Å². The van der Waals surface area contributed by atoms with Gasteiger partial charge < -0.3 is 5.11 Å². The van der Waals surface area contributed by atoms with E-state index in [4.69, 9.17) is 11.6 Å². The largest absolute Gasteiger partial charge is 0.396 e. The molecule has 2 unspecified atom stereocenters. The fraction of sp³-hybridized carbons (Fsp3) is 0.600. The SMILES string of the molecule is CC1(C)C(CO)C1c1cc(Br)c(Cl)s1. The number of aliphatic hydroxyl groups is 1. The molecular weight excluding hydrogens is 284 g/mol. The minimum absolute atomic E-state index is 0.225. The highest BCUT2D eigenvalue weighted by atomic mass is 79.9. The molecule has 2 atom stereocenters. The second kappa shape index (κ2) is 3.48. The van der Waals surface area contributed by atoms with E-state index in [9.17, 15) is 5.11 Å². The van der Waals surface area contributed by atoms with Crippen molar-refractivity contribution in [1.29, 1.82) is 0 Å². The summed E-state index contributed by atoms with van der Waals surface area (Å²) in [5.41, 5.74) is 0.225. The van der Waals surface area contributed by atoms with Crippen molar-refractivity contribution in [2.75, 3.05) is 6.61 Å². The third kappa shape index (κ3) is 1.54. The normalized spacial score (nSPS) is 29.2. The highest BCUT2D eigenvalue weighted by Crippen LogP contribution is 2.65. The zero-order chi connectivity index (χ0) is 10.5. The minimum Gasteiger partial charge on any atom is -0.396 e. The standard InChI is InChI=1S/C10H12BrClOS/c1-10(2)5(4-13)8(10)7-3-6(11)9(12)14-7/h3,5,8,13H,4H2,1-2H3. The smallest absolute Gasteiger partial charge is 0.107 e. The van der Waals surface area contributed by atoms with Gasteiger partial charge in [-0.15, -0.1) is 11.3 Å². The van der Waals surface area contributed by atoms with E-state index in [-0.39, 0.29) is 12.0 Å². The van der Waals surface area contributed by atoms with Crippen LogP contribution in [0, 0.1) is 11.3 Å². The van der Waals surface area contributed by atoms with Crippen molar-refractivity contribution in [2.24, 2.45) is 11.3 Å². The molecule has 0 saturated heterocycles. The molecule has 1 aliphatic carbocycles. The lowest BCUT2D eigenvalue weighted by molar-refractivity contribution is 0.257. The average molecular weight is 296 g/mol. The van der Waals surface area contributed by atoms with Gasteiger partial charge in [0.05, 0.1) is 0 Å². The molecule has 1 aromatic rings. The topological polar surface area (TPSA) is 20.2 Å². The molecule has 1 N–H and O–H groups in total. The molecule has 0 amide bonds. The van der Waals surface area contributed by atoms with Crippen molar-refractivity contribution < 1.29 is 5.11 Å². The van der Waals surface area contributed by atoms with Gasteiger partial charge in [0.1, 0.15) is 4.34 Å². The van der Waals surface area contributed by atoms with Crippen LogP contribution >= 0.6 is 38.9 Å². The van der Waals surface area contributed by atoms with Gasteiger partial charge in [0, 0.05) is 21.9 Å². The predicted octanol–water partition coefficient (Wildman–Crippen LogP) is 3.90. The van der Waals surface area contributed by atoms with Crippen molar-refractivity contribution in [3.8, 4) is 0 Å². The van der Waals surface area contributed by atoms with Crippen LogP contribution in [0.3, 0.4) is 0 Å².